The number of halogens is 1. The Hall–Kier alpha value is -0.570. The van der Waals surface area contributed by atoms with Crippen molar-refractivity contribution in [1.29, 1.82) is 0 Å². The van der Waals surface area contributed by atoms with Crippen LogP contribution in [-0.2, 0) is 13.0 Å². The van der Waals surface area contributed by atoms with Gasteiger partial charge in [-0.1, -0.05) is 27.7 Å². The molecule has 0 N–H and O–H groups in total. The fourth-order valence-electron chi connectivity index (χ4n) is 1.24. The maximum atomic E-state index is 5.94. The molecule has 0 radical (unpaired) electrons. The molecule has 0 saturated heterocycles. The minimum absolute atomic E-state index is 0.318. The molecule has 0 spiro atoms. The van der Waals surface area contributed by atoms with Crippen molar-refractivity contribution in [2.24, 2.45) is 5.41 Å². The molecule has 0 aliphatic rings. The number of hydrogen-bond acceptors (Lipinski definition) is 2. The van der Waals surface area contributed by atoms with E-state index >= 15 is 0 Å². The zero-order valence-electron chi connectivity index (χ0n) is 9.34. The lowest BCUT2D eigenvalue weighted by Crippen LogP contribution is -2.12. The molecule has 14 heavy (non-hydrogen) atoms. The van der Waals surface area contributed by atoms with E-state index in [2.05, 4.69) is 37.9 Å². The standard InChI is InChI=1S/C10H18ClN3/c1-5-8-12-13-9(11)14(8)7-6-10(2,3)4/h5-7H2,1-4H3. The molecule has 1 heterocycles. The zero-order valence-corrected chi connectivity index (χ0v) is 10.1. The van der Waals surface area contributed by atoms with E-state index in [1.807, 2.05) is 4.57 Å². The van der Waals surface area contributed by atoms with Crippen molar-refractivity contribution in [3.8, 4) is 0 Å². The quantitative estimate of drug-likeness (QED) is 0.776. The Bertz CT molecular complexity index is 299. The Balaban J connectivity index is 2.70. The monoisotopic (exact) mass is 215 g/mol. The zero-order chi connectivity index (χ0) is 10.8. The fourth-order valence-corrected chi connectivity index (χ4v) is 1.46. The van der Waals surface area contributed by atoms with Crippen LogP contribution in [0.3, 0.4) is 0 Å². The minimum atomic E-state index is 0.318. The molecule has 4 heteroatoms. The Morgan fingerprint density at radius 3 is 2.43 bits per heavy atom. The Kier molecular flexibility index (Phi) is 3.53. The topological polar surface area (TPSA) is 30.7 Å². The summed E-state index contributed by atoms with van der Waals surface area (Å²) < 4.78 is 1.99. The van der Waals surface area contributed by atoms with E-state index in [1.54, 1.807) is 0 Å². The van der Waals surface area contributed by atoms with E-state index in [-0.39, 0.29) is 0 Å². The third-order valence-corrected chi connectivity index (χ3v) is 2.46. The summed E-state index contributed by atoms with van der Waals surface area (Å²) in [4.78, 5) is 0. The molecule has 1 rings (SSSR count). The van der Waals surface area contributed by atoms with Gasteiger partial charge in [0.2, 0.25) is 5.28 Å². The van der Waals surface area contributed by atoms with Crippen molar-refractivity contribution >= 4 is 11.6 Å². The summed E-state index contributed by atoms with van der Waals surface area (Å²) in [6.45, 7) is 9.62. The molecular formula is C10H18ClN3. The van der Waals surface area contributed by atoms with Crippen molar-refractivity contribution in [1.82, 2.24) is 14.8 Å². The molecule has 0 amide bonds. The predicted molar refractivity (Wildman–Crippen MR) is 58.5 cm³/mol. The molecule has 0 saturated carbocycles. The molecule has 0 aliphatic carbocycles. The second-order valence-electron chi connectivity index (χ2n) is 4.70. The summed E-state index contributed by atoms with van der Waals surface area (Å²) in [6, 6.07) is 0. The number of aryl methyl sites for hydroxylation is 1. The van der Waals surface area contributed by atoms with Crippen LogP contribution in [0.5, 0.6) is 0 Å². The lowest BCUT2D eigenvalue weighted by molar-refractivity contribution is 0.348. The largest absolute Gasteiger partial charge is 0.302 e. The van der Waals surface area contributed by atoms with Crippen molar-refractivity contribution < 1.29 is 0 Å². The average Bonchev–Trinajstić information content (AvgIpc) is 2.41. The molecular weight excluding hydrogens is 198 g/mol. The van der Waals surface area contributed by atoms with Crippen LogP contribution in [-0.4, -0.2) is 14.8 Å². The maximum absolute atomic E-state index is 5.94. The number of hydrogen-bond donors (Lipinski definition) is 0. The van der Waals surface area contributed by atoms with E-state index in [0.717, 1.165) is 25.2 Å². The molecule has 0 unspecified atom stereocenters. The normalized spacial score (nSPS) is 12.1. The van der Waals surface area contributed by atoms with Gasteiger partial charge in [0, 0.05) is 13.0 Å². The molecule has 3 nitrogen and oxygen atoms in total. The summed E-state index contributed by atoms with van der Waals surface area (Å²) in [5, 5.41) is 8.39. The number of aromatic nitrogens is 3. The van der Waals surface area contributed by atoms with Crippen molar-refractivity contribution in [3.05, 3.63) is 11.1 Å². The molecule has 80 valence electrons. The van der Waals surface area contributed by atoms with Gasteiger partial charge in [-0.25, -0.2) is 0 Å². The van der Waals surface area contributed by atoms with Crippen molar-refractivity contribution in [3.63, 3.8) is 0 Å². The van der Waals surface area contributed by atoms with Crippen LogP contribution in [0.4, 0.5) is 0 Å². The summed E-state index contributed by atoms with van der Waals surface area (Å²) in [5.41, 5.74) is 0.318. The molecule has 0 aliphatic heterocycles. The van der Waals surface area contributed by atoms with Gasteiger partial charge >= 0.3 is 0 Å². The second kappa shape index (κ2) is 4.30. The van der Waals surface area contributed by atoms with E-state index in [9.17, 15) is 0 Å². The molecule has 0 fully saturated rings. The van der Waals surface area contributed by atoms with Crippen LogP contribution in [0.1, 0.15) is 39.9 Å². The lowest BCUT2D eigenvalue weighted by atomic mass is 9.92. The summed E-state index contributed by atoms with van der Waals surface area (Å²) >= 11 is 5.94. The van der Waals surface area contributed by atoms with Gasteiger partial charge in [-0.2, -0.15) is 0 Å². The highest BCUT2D eigenvalue weighted by molar-refractivity contribution is 6.28. The predicted octanol–water partition coefficient (Wildman–Crippen LogP) is 2.93. The lowest BCUT2D eigenvalue weighted by Gasteiger charge is -2.18. The van der Waals surface area contributed by atoms with Crippen LogP contribution in [0.15, 0.2) is 0 Å². The van der Waals surface area contributed by atoms with Crippen molar-refractivity contribution in [2.75, 3.05) is 0 Å². The second-order valence-corrected chi connectivity index (χ2v) is 5.04. The first-order valence-electron chi connectivity index (χ1n) is 5.01. The highest BCUT2D eigenvalue weighted by Crippen LogP contribution is 2.21. The van der Waals surface area contributed by atoms with Crippen LogP contribution >= 0.6 is 11.6 Å². The first kappa shape index (κ1) is 11.5. The smallest absolute Gasteiger partial charge is 0.225 e. The van der Waals surface area contributed by atoms with Gasteiger partial charge in [-0.3, -0.25) is 0 Å². The molecule has 0 bridgehead atoms. The molecule has 1 aromatic heterocycles. The molecule has 1 aromatic rings. The summed E-state index contributed by atoms with van der Waals surface area (Å²) in [7, 11) is 0. The van der Waals surface area contributed by atoms with E-state index in [1.165, 1.54) is 0 Å². The van der Waals surface area contributed by atoms with Gasteiger partial charge in [0.1, 0.15) is 5.82 Å². The third kappa shape index (κ3) is 2.98. The fraction of sp³-hybridized carbons (Fsp3) is 0.800. The van der Waals surface area contributed by atoms with Crippen LogP contribution < -0.4 is 0 Å². The maximum Gasteiger partial charge on any atom is 0.225 e. The Labute approximate surface area is 90.5 Å². The number of rotatable bonds is 3. The van der Waals surface area contributed by atoms with Gasteiger partial charge in [-0.15, -0.1) is 10.2 Å². The molecule has 0 aromatic carbocycles. The van der Waals surface area contributed by atoms with E-state index < -0.39 is 0 Å². The van der Waals surface area contributed by atoms with Crippen molar-refractivity contribution in [2.45, 2.75) is 47.1 Å². The van der Waals surface area contributed by atoms with Gasteiger partial charge in [-0.05, 0) is 23.4 Å². The van der Waals surface area contributed by atoms with Crippen LogP contribution in [0, 0.1) is 5.41 Å². The minimum Gasteiger partial charge on any atom is -0.302 e. The van der Waals surface area contributed by atoms with Gasteiger partial charge in [0.15, 0.2) is 0 Å². The van der Waals surface area contributed by atoms with Gasteiger partial charge < -0.3 is 4.57 Å². The first-order chi connectivity index (χ1) is 6.44. The summed E-state index contributed by atoms with van der Waals surface area (Å²) in [5.74, 6) is 0.972. The highest BCUT2D eigenvalue weighted by atomic mass is 35.5. The Morgan fingerprint density at radius 1 is 1.29 bits per heavy atom. The highest BCUT2D eigenvalue weighted by Gasteiger charge is 2.13. The average molecular weight is 216 g/mol. The van der Waals surface area contributed by atoms with E-state index in [4.69, 9.17) is 11.6 Å². The number of nitrogens with zero attached hydrogens (tertiary/aromatic N) is 3. The SMILES string of the molecule is CCc1nnc(Cl)n1CCC(C)(C)C. The van der Waals surface area contributed by atoms with Gasteiger partial charge in [0.05, 0.1) is 0 Å². The van der Waals surface area contributed by atoms with Gasteiger partial charge in [0.25, 0.3) is 0 Å². The third-order valence-electron chi connectivity index (χ3n) is 2.18. The Morgan fingerprint density at radius 2 is 1.93 bits per heavy atom. The van der Waals surface area contributed by atoms with E-state index in [0.29, 0.717) is 10.7 Å². The van der Waals surface area contributed by atoms with Crippen LogP contribution in [0.2, 0.25) is 5.28 Å². The summed E-state index contributed by atoms with van der Waals surface area (Å²) in [6.07, 6.45) is 1.96. The first-order valence-corrected chi connectivity index (χ1v) is 5.39. The van der Waals surface area contributed by atoms with Crippen LogP contribution in [0.25, 0.3) is 0 Å². The molecule has 0 atom stereocenters.